The molecule has 0 spiro atoms. The lowest BCUT2D eigenvalue weighted by atomic mass is 9.33. The molecular weight excluding hydrogens is 1820 g/mol. The van der Waals surface area contributed by atoms with Crippen molar-refractivity contribution < 1.29 is 222 Å². The van der Waals surface area contributed by atoms with Crippen LogP contribution in [0, 0.1) is 62.1 Å². The first-order valence-electron chi connectivity index (χ1n) is 48.1. The lowest BCUT2D eigenvalue weighted by Gasteiger charge is -2.71. The Kier molecular flexibility index (Phi) is 38.2. The summed E-state index contributed by atoms with van der Waals surface area (Å²) < 4.78 is 102. The van der Waals surface area contributed by atoms with Crippen LogP contribution in [0.3, 0.4) is 0 Å². The number of aliphatic hydroxyl groups excluding tert-OH is 21. The van der Waals surface area contributed by atoms with E-state index in [9.17, 15) is 137 Å². The van der Waals surface area contributed by atoms with E-state index in [1.807, 2.05) is 20.8 Å². The van der Waals surface area contributed by atoms with Crippen molar-refractivity contribution >= 4 is 30.2 Å². The molecule has 5 aliphatic carbocycles. The Morgan fingerprint density at radius 3 is 1.74 bits per heavy atom. The number of aliphatic carboxylic acids is 1. The molecule has 4 saturated carbocycles. The molecule has 47 atom stereocenters. The van der Waals surface area contributed by atoms with Crippen molar-refractivity contribution in [1.29, 1.82) is 0 Å². The maximum absolute atomic E-state index is 16.4. The van der Waals surface area contributed by atoms with Gasteiger partial charge in [-0.1, -0.05) is 93.7 Å². The van der Waals surface area contributed by atoms with Gasteiger partial charge in [0.1, 0.15) is 140 Å². The Bertz CT molecular complexity index is 3940. The highest BCUT2D eigenvalue weighted by Gasteiger charge is 2.73. The van der Waals surface area contributed by atoms with Gasteiger partial charge in [0, 0.05) is 25.7 Å². The largest absolute Gasteiger partial charge is 0.479 e. The van der Waals surface area contributed by atoms with Gasteiger partial charge in [-0.2, -0.15) is 0 Å². The minimum Gasteiger partial charge on any atom is -0.479 e. The first-order valence-corrected chi connectivity index (χ1v) is 48.1. The molecule has 6 aliphatic heterocycles. The molecule has 6 saturated heterocycles. The standard InChI is InChI=1S/C92H152O45/c1-14-40(5)50(126-59(103)26-44(98)25-51(41(6)15-2)137-92(120)38-123-54(34-95)77(92)116)24-43(97)27-60(104)130-61(105)29-52(127-82-71(114)67(110)73(42(7)125-82)131-62(28-45(99)32-93)132-80-68(111)63(106)48(100)35-121-80)79(124-39(3)4)136-85(119)91-23-22-86(8,9)30-47(91)46-16-17-56-87(10)20-19-58(88(11,37-96)55(87)18-21-89(56,12)90(46,13)31-57(91)102)129-84-76(135-83-70(113)66(109)65(108)53(33-94)128-83)74(72(115)75(134-84)78(117)118)133-81-69(112)64(107)49(101)36-122-81/h16,37,39-45,47-58,61-77,79-84,93-95,97-102,105-116,120H,14-15,17-36,38H2,1-13H3,(H,117,118)/t40-,41-,42?,43-,44-,45?,47?,48?,49+,50-,51-,52?,53?,54-,55?,56?,57+,58-,61?,62+,63-,64?,65-,66?,67?,68?,69?,70?,71?,72+,73-,74?,75?,76?,77?,79-,80+,81-,82-,83-,84+,87-,88-,89+,90+,91+,92?/m0/s1. The van der Waals surface area contributed by atoms with E-state index < -0.39 is 373 Å². The average molecular weight is 1980 g/mol. The summed E-state index contributed by atoms with van der Waals surface area (Å²) in [6.45, 7) is 19.5. The molecule has 790 valence electrons. The van der Waals surface area contributed by atoms with Crippen molar-refractivity contribution in [1.82, 2.24) is 0 Å². The van der Waals surface area contributed by atoms with Gasteiger partial charge in [-0.05, 0) is 130 Å². The number of aliphatic hydroxyl groups is 22. The number of aldehydes is 1. The molecule has 0 aromatic carbocycles. The molecule has 11 aliphatic rings. The van der Waals surface area contributed by atoms with Gasteiger partial charge in [-0.3, -0.25) is 14.4 Å². The fourth-order valence-electron chi connectivity index (χ4n) is 23.1. The summed E-state index contributed by atoms with van der Waals surface area (Å²) in [4.78, 5) is 71.9. The molecule has 0 aromatic rings. The molecule has 0 bridgehead atoms. The van der Waals surface area contributed by atoms with Crippen LogP contribution in [0.25, 0.3) is 0 Å². The van der Waals surface area contributed by atoms with E-state index in [0.717, 1.165) is 11.9 Å². The normalized spacial score (nSPS) is 44.1. The Balaban J connectivity index is 0.857. The van der Waals surface area contributed by atoms with Crippen molar-refractivity contribution in [3.8, 4) is 0 Å². The smallest absolute Gasteiger partial charge is 0.335 e. The summed E-state index contributed by atoms with van der Waals surface area (Å²) in [7, 11) is 0. The van der Waals surface area contributed by atoms with Crippen molar-refractivity contribution in [3.63, 3.8) is 0 Å². The van der Waals surface area contributed by atoms with Crippen molar-refractivity contribution in [3.05, 3.63) is 11.6 Å². The van der Waals surface area contributed by atoms with Gasteiger partial charge in [0.2, 0.25) is 18.4 Å². The quantitative estimate of drug-likeness (QED) is 0.00690. The zero-order valence-corrected chi connectivity index (χ0v) is 79.9. The number of carbonyl (C=O) groups is 5. The molecule has 0 amide bonds. The summed E-state index contributed by atoms with van der Waals surface area (Å²) in [5.41, 5.74) is -5.54. The molecule has 10 fully saturated rings. The topological polar surface area (TPSA) is 708 Å². The zero-order chi connectivity index (χ0) is 101. The van der Waals surface area contributed by atoms with E-state index in [2.05, 4.69) is 26.8 Å². The summed E-state index contributed by atoms with van der Waals surface area (Å²) in [6, 6.07) is 0. The molecular formula is C92H152O45. The first-order chi connectivity index (χ1) is 64.2. The second kappa shape index (κ2) is 46.3. The minimum absolute atomic E-state index is 0.0149. The summed E-state index contributed by atoms with van der Waals surface area (Å²) in [5, 5.41) is 255. The highest BCUT2D eigenvalue weighted by molar-refractivity contribution is 5.80. The highest BCUT2D eigenvalue weighted by Crippen LogP contribution is 2.76. The SMILES string of the molecule is CC[C@H](C)[C@H](C[C@H](O)CC(=O)OC(O)CC(O[C@@H]1OC(C)[C@H](O[C@@H](CC(O)CO)O[C@H]2OCC(O)[C@H](O)C2O)C(O)C1O)[C@H](OC(=O)[C@]12CCC(C)(C)CC1C1=CCC3[C@@]4(C)CC[C@H](O[C@@H]5OC(C(=O)O)[C@H](O)C(O[C@@H]6OC[C@@H](O)C(O)C6O)C5O[C@@H]5OC(CO)[C@H](O)C(O)C5O)[C@@](C)(C=O)C4CC[C@@]3(C)[C@]1(C)C[C@H]2O)OC(C)C)OC(=O)C[C@@H](O)C[C@H](OC1(O)CO[C@@H](CO)C1O)[C@@H](C)CC. The third-order valence-electron chi connectivity index (χ3n) is 31.9. The van der Waals surface area contributed by atoms with Crippen molar-refractivity contribution in [2.24, 2.45) is 62.1 Å². The van der Waals surface area contributed by atoms with E-state index in [1.165, 1.54) is 6.92 Å². The number of esters is 3. The molecule has 0 radical (unpaired) electrons. The van der Waals surface area contributed by atoms with Gasteiger partial charge in [-0.25, -0.2) is 4.79 Å². The van der Waals surface area contributed by atoms with Crippen LogP contribution in [0.4, 0.5) is 0 Å². The van der Waals surface area contributed by atoms with Gasteiger partial charge in [-0.15, -0.1) is 0 Å². The maximum atomic E-state index is 16.4. The first kappa shape index (κ1) is 113. The van der Waals surface area contributed by atoms with Crippen LogP contribution < -0.4 is 0 Å². The van der Waals surface area contributed by atoms with Gasteiger partial charge in [0.25, 0.3) is 0 Å². The van der Waals surface area contributed by atoms with Gasteiger partial charge in [0.15, 0.2) is 43.8 Å². The molecule has 6 heterocycles. The molecule has 0 aromatic heterocycles. The second-order valence-electron chi connectivity index (χ2n) is 42.0. The monoisotopic (exact) mass is 1980 g/mol. The molecule has 45 nitrogen and oxygen atoms in total. The number of carboxylic acids is 1. The van der Waals surface area contributed by atoms with E-state index in [-0.39, 0.29) is 43.9 Å². The van der Waals surface area contributed by atoms with Crippen molar-refractivity contribution in [2.45, 2.75) is 432 Å². The third-order valence-corrected chi connectivity index (χ3v) is 31.9. The maximum Gasteiger partial charge on any atom is 0.335 e. The zero-order valence-electron chi connectivity index (χ0n) is 79.9. The Labute approximate surface area is 794 Å². The average Bonchev–Trinajstić information content (AvgIpc) is 0.706. The van der Waals surface area contributed by atoms with E-state index in [4.69, 9.17) is 80.5 Å². The summed E-state index contributed by atoms with van der Waals surface area (Å²) >= 11 is 0. The summed E-state index contributed by atoms with van der Waals surface area (Å²) in [6.07, 6.45) is -63.0. The number of allylic oxidation sites excluding steroid dienone is 2. The number of ether oxygens (including phenoxy) is 17. The van der Waals surface area contributed by atoms with Gasteiger partial charge < -0.3 is 203 Å². The third kappa shape index (κ3) is 23.9. The fourth-order valence-corrected chi connectivity index (χ4v) is 23.1. The number of carboxylic acid groups (broad SMARTS) is 1. The molecule has 45 heteroatoms. The molecule has 21 unspecified atom stereocenters. The number of rotatable bonds is 42. The Hall–Kier alpha value is -4.15. The summed E-state index contributed by atoms with van der Waals surface area (Å²) in [5.74, 6) is -9.68. The van der Waals surface area contributed by atoms with Crippen LogP contribution in [0.2, 0.25) is 0 Å². The predicted molar refractivity (Wildman–Crippen MR) is 460 cm³/mol. The number of carbonyl (C=O) groups excluding carboxylic acids is 4. The number of fused-ring (bicyclic) bond motifs is 7. The van der Waals surface area contributed by atoms with Crippen LogP contribution >= 0.6 is 0 Å². The van der Waals surface area contributed by atoms with Gasteiger partial charge >= 0.3 is 23.9 Å². The van der Waals surface area contributed by atoms with Crippen LogP contribution in [0.15, 0.2) is 11.6 Å². The fraction of sp³-hybridized carbons (Fsp3) is 0.924. The number of hydrogen-bond acceptors (Lipinski definition) is 44. The lowest BCUT2D eigenvalue weighted by Crippen LogP contribution is -2.69. The van der Waals surface area contributed by atoms with Crippen LogP contribution in [-0.4, -0.2) is 420 Å². The van der Waals surface area contributed by atoms with Crippen LogP contribution in [0.1, 0.15) is 199 Å². The van der Waals surface area contributed by atoms with E-state index in [0.29, 0.717) is 51.4 Å². The van der Waals surface area contributed by atoms with E-state index >= 15 is 4.79 Å². The molecule has 11 rings (SSSR count). The molecule has 137 heavy (non-hydrogen) atoms. The second-order valence-corrected chi connectivity index (χ2v) is 42.0. The minimum atomic E-state index is -2.29. The molecule has 23 N–H and O–H groups in total. The Morgan fingerprint density at radius 1 is 0.547 bits per heavy atom. The number of hydrogen-bond donors (Lipinski definition) is 23. The highest BCUT2D eigenvalue weighted by atomic mass is 16.8. The van der Waals surface area contributed by atoms with E-state index in [1.54, 1.807) is 41.5 Å². The van der Waals surface area contributed by atoms with Crippen LogP contribution in [0.5, 0.6) is 0 Å². The lowest BCUT2D eigenvalue weighted by molar-refractivity contribution is -0.391. The Morgan fingerprint density at radius 2 is 1.14 bits per heavy atom. The van der Waals surface area contributed by atoms with Crippen LogP contribution in [-0.2, 0) is 104 Å². The predicted octanol–water partition coefficient (Wildman–Crippen LogP) is -4.08. The van der Waals surface area contributed by atoms with Crippen molar-refractivity contribution in [2.75, 3.05) is 39.6 Å². The van der Waals surface area contributed by atoms with Gasteiger partial charge in [0.05, 0.1) is 100 Å².